The molecular formula is C19H19NO5S. The molecule has 0 atom stereocenters. The lowest BCUT2D eigenvalue weighted by atomic mass is 10.2. The molecule has 0 bridgehead atoms. The number of esters is 2. The first kappa shape index (κ1) is 18.1. The fourth-order valence-corrected chi connectivity index (χ4v) is 3.84. The van der Waals surface area contributed by atoms with Gasteiger partial charge in [0.1, 0.15) is 11.3 Å². The zero-order valence-electron chi connectivity index (χ0n) is 14.8. The van der Waals surface area contributed by atoms with Gasteiger partial charge in [0.05, 0.1) is 23.4 Å². The largest absolute Gasteiger partial charge is 0.462 e. The smallest absolute Gasteiger partial charge is 0.356 e. The number of hydrogen-bond acceptors (Lipinski definition) is 6. The molecule has 3 rings (SSSR count). The third-order valence-corrected chi connectivity index (χ3v) is 5.08. The number of nitrogens with zero attached hydrogens (tertiary/aromatic N) is 1. The Kier molecular flexibility index (Phi) is 5.08. The van der Waals surface area contributed by atoms with Gasteiger partial charge in [0.25, 0.3) is 0 Å². The van der Waals surface area contributed by atoms with Gasteiger partial charge in [-0.1, -0.05) is 24.3 Å². The Bertz CT molecular complexity index is 1060. The quantitative estimate of drug-likeness (QED) is 0.641. The summed E-state index contributed by atoms with van der Waals surface area (Å²) in [4.78, 5) is 37.0. The average Bonchev–Trinajstić information content (AvgIpc) is 2.93. The highest BCUT2D eigenvalue weighted by Crippen LogP contribution is 2.30. The molecule has 0 N–H and O–H groups in total. The Labute approximate surface area is 154 Å². The van der Waals surface area contributed by atoms with Crippen LogP contribution < -0.4 is 4.74 Å². The van der Waals surface area contributed by atoms with Crippen molar-refractivity contribution in [3.05, 3.63) is 50.8 Å². The summed E-state index contributed by atoms with van der Waals surface area (Å²) in [6.07, 6.45) is 2.67. The molecule has 0 saturated heterocycles. The van der Waals surface area contributed by atoms with Crippen LogP contribution in [0.3, 0.4) is 0 Å². The monoisotopic (exact) mass is 373 g/mol. The van der Waals surface area contributed by atoms with Crippen molar-refractivity contribution in [3.63, 3.8) is 0 Å². The SMILES string of the molecule is CCOC(=O)c1cc2c(sc1=O)c(C(=O)OCC)n1cc(CC)ccc21. The van der Waals surface area contributed by atoms with Gasteiger partial charge in [0.15, 0.2) is 0 Å². The van der Waals surface area contributed by atoms with Crippen molar-refractivity contribution in [3.8, 4) is 0 Å². The number of aryl methyl sites for hydroxylation is 1. The van der Waals surface area contributed by atoms with E-state index in [2.05, 4.69) is 0 Å². The maximum Gasteiger partial charge on any atom is 0.356 e. The zero-order valence-corrected chi connectivity index (χ0v) is 15.6. The number of rotatable bonds is 5. The van der Waals surface area contributed by atoms with Gasteiger partial charge in [-0.25, -0.2) is 9.59 Å². The average molecular weight is 373 g/mol. The topological polar surface area (TPSA) is 74.1 Å². The number of carbonyl (C=O) groups is 2. The summed E-state index contributed by atoms with van der Waals surface area (Å²) in [5.41, 5.74) is 2.07. The summed E-state index contributed by atoms with van der Waals surface area (Å²) in [6, 6.07) is 5.36. The molecule has 3 aromatic rings. The molecule has 0 fully saturated rings. The minimum atomic E-state index is -0.655. The molecule has 0 aliphatic rings. The molecule has 0 spiro atoms. The van der Waals surface area contributed by atoms with Crippen molar-refractivity contribution in [2.24, 2.45) is 0 Å². The molecule has 7 heteroatoms. The number of hydrogen-bond donors (Lipinski definition) is 0. The van der Waals surface area contributed by atoms with Gasteiger partial charge in [-0.05, 0) is 38.0 Å². The zero-order chi connectivity index (χ0) is 18.8. The normalized spacial score (nSPS) is 11.0. The van der Waals surface area contributed by atoms with Gasteiger partial charge in [-0.3, -0.25) is 4.79 Å². The fourth-order valence-electron chi connectivity index (χ4n) is 2.85. The fraction of sp³-hybridized carbons (Fsp3) is 0.316. The Hall–Kier alpha value is -2.67. The summed E-state index contributed by atoms with van der Waals surface area (Å²) in [6.45, 7) is 5.85. The molecule has 3 aromatic heterocycles. The van der Waals surface area contributed by atoms with Crippen LogP contribution in [0.2, 0.25) is 0 Å². The number of fused-ring (bicyclic) bond motifs is 3. The van der Waals surface area contributed by atoms with E-state index in [1.165, 1.54) is 6.07 Å². The van der Waals surface area contributed by atoms with E-state index in [4.69, 9.17) is 9.47 Å². The number of ether oxygens (including phenoxy) is 2. The van der Waals surface area contributed by atoms with Crippen molar-refractivity contribution in [2.45, 2.75) is 27.2 Å². The highest BCUT2D eigenvalue weighted by molar-refractivity contribution is 7.17. The third-order valence-electron chi connectivity index (χ3n) is 4.06. The van der Waals surface area contributed by atoms with E-state index in [-0.39, 0.29) is 18.8 Å². The maximum atomic E-state index is 12.5. The van der Waals surface area contributed by atoms with Gasteiger partial charge >= 0.3 is 11.9 Å². The Morgan fingerprint density at radius 3 is 2.42 bits per heavy atom. The van der Waals surface area contributed by atoms with E-state index in [0.29, 0.717) is 15.8 Å². The molecule has 6 nitrogen and oxygen atoms in total. The first-order valence-electron chi connectivity index (χ1n) is 8.46. The summed E-state index contributed by atoms with van der Waals surface area (Å²) >= 11 is 0.864. The van der Waals surface area contributed by atoms with Crippen LogP contribution in [0.25, 0.3) is 15.6 Å². The number of aromatic nitrogens is 1. The molecule has 0 aliphatic heterocycles. The van der Waals surface area contributed by atoms with Crippen LogP contribution >= 0.6 is 11.3 Å². The molecule has 0 aromatic carbocycles. The molecule has 0 radical (unpaired) electrons. The minimum absolute atomic E-state index is 0.0215. The maximum absolute atomic E-state index is 12.5. The predicted octanol–water partition coefficient (Wildman–Crippen LogP) is 3.43. The lowest BCUT2D eigenvalue weighted by molar-refractivity contribution is 0.0514. The van der Waals surface area contributed by atoms with Crippen molar-refractivity contribution >= 4 is 38.9 Å². The van der Waals surface area contributed by atoms with E-state index >= 15 is 0 Å². The molecule has 136 valence electrons. The Morgan fingerprint density at radius 2 is 1.77 bits per heavy atom. The lowest BCUT2D eigenvalue weighted by Crippen LogP contribution is -2.14. The van der Waals surface area contributed by atoms with Crippen molar-refractivity contribution < 1.29 is 19.1 Å². The van der Waals surface area contributed by atoms with E-state index < -0.39 is 16.7 Å². The molecule has 3 heterocycles. The van der Waals surface area contributed by atoms with Gasteiger partial charge in [-0.15, -0.1) is 0 Å². The number of pyridine rings is 1. The first-order chi connectivity index (χ1) is 12.5. The van der Waals surface area contributed by atoms with E-state index in [1.54, 1.807) is 18.2 Å². The second kappa shape index (κ2) is 7.29. The summed E-state index contributed by atoms with van der Waals surface area (Å²) in [7, 11) is 0. The third kappa shape index (κ3) is 2.99. The first-order valence-corrected chi connectivity index (χ1v) is 9.28. The van der Waals surface area contributed by atoms with Crippen molar-refractivity contribution in [1.29, 1.82) is 0 Å². The lowest BCUT2D eigenvalue weighted by Gasteiger charge is -2.04. The molecule has 0 aliphatic carbocycles. The minimum Gasteiger partial charge on any atom is -0.462 e. The van der Waals surface area contributed by atoms with Crippen LogP contribution in [0.5, 0.6) is 0 Å². The van der Waals surface area contributed by atoms with Crippen LogP contribution in [-0.2, 0) is 15.9 Å². The van der Waals surface area contributed by atoms with Gasteiger partial charge in [0, 0.05) is 11.6 Å². The molecule has 0 amide bonds. The molecule has 26 heavy (non-hydrogen) atoms. The Balaban J connectivity index is 2.38. The second-order valence-electron chi connectivity index (χ2n) is 5.63. The van der Waals surface area contributed by atoms with Crippen LogP contribution in [0.15, 0.2) is 29.2 Å². The van der Waals surface area contributed by atoms with Crippen LogP contribution in [0.4, 0.5) is 0 Å². The van der Waals surface area contributed by atoms with Crippen molar-refractivity contribution in [2.75, 3.05) is 13.2 Å². The summed E-state index contributed by atoms with van der Waals surface area (Å²) < 4.78 is 12.0. The summed E-state index contributed by atoms with van der Waals surface area (Å²) in [5, 5.41) is 0.656. The predicted molar refractivity (Wildman–Crippen MR) is 100 cm³/mol. The second-order valence-corrected chi connectivity index (χ2v) is 6.61. The van der Waals surface area contributed by atoms with E-state index in [0.717, 1.165) is 28.8 Å². The van der Waals surface area contributed by atoms with E-state index in [1.807, 2.05) is 25.3 Å². The summed E-state index contributed by atoms with van der Waals surface area (Å²) in [5.74, 6) is -1.15. The van der Waals surface area contributed by atoms with E-state index in [9.17, 15) is 14.4 Å². The standard InChI is InChI=1S/C19H19NO5S/c1-4-11-7-8-14-12-9-13(17(21)24-5-2)19(23)26-16(12)15(20(14)10-11)18(22)25-6-3/h7-10H,4-6H2,1-3H3. The molecular weight excluding hydrogens is 354 g/mol. The number of carbonyl (C=O) groups excluding carboxylic acids is 2. The van der Waals surface area contributed by atoms with Crippen LogP contribution in [0.1, 0.15) is 47.2 Å². The van der Waals surface area contributed by atoms with Gasteiger partial charge in [-0.2, -0.15) is 0 Å². The van der Waals surface area contributed by atoms with Gasteiger partial charge in [0.2, 0.25) is 4.74 Å². The van der Waals surface area contributed by atoms with Crippen molar-refractivity contribution in [1.82, 2.24) is 4.40 Å². The molecule has 0 unspecified atom stereocenters. The van der Waals surface area contributed by atoms with Crippen LogP contribution in [0, 0.1) is 0 Å². The van der Waals surface area contributed by atoms with Gasteiger partial charge < -0.3 is 13.9 Å². The highest BCUT2D eigenvalue weighted by atomic mass is 32.1. The van der Waals surface area contributed by atoms with Crippen LogP contribution in [-0.4, -0.2) is 29.6 Å². The Morgan fingerprint density at radius 1 is 1.08 bits per heavy atom. The molecule has 0 saturated carbocycles. The highest BCUT2D eigenvalue weighted by Gasteiger charge is 2.23.